The number of ether oxygens (including phenoxy) is 2. The Hall–Kier alpha value is -1.92. The average molecular weight is 273 g/mol. The van der Waals surface area contributed by atoms with Crippen molar-refractivity contribution in [3.05, 3.63) is 0 Å². The molecule has 0 aromatic rings. The zero-order valence-corrected chi connectivity index (χ0v) is 11.4. The van der Waals surface area contributed by atoms with Gasteiger partial charge >= 0.3 is 11.9 Å². The molecule has 0 aliphatic rings. The van der Waals surface area contributed by atoms with E-state index in [-0.39, 0.29) is 38.1 Å². The van der Waals surface area contributed by atoms with Crippen molar-refractivity contribution in [1.29, 1.82) is 0 Å². The van der Waals surface area contributed by atoms with E-state index in [0.717, 1.165) is 0 Å². The first-order valence-electron chi connectivity index (χ1n) is 5.81. The molecule has 108 valence electrons. The van der Waals surface area contributed by atoms with E-state index in [9.17, 15) is 19.2 Å². The number of ketones is 1. The molecule has 0 saturated carbocycles. The standard InChI is InChI=1S/C12H19NO6/c1-9(14)8-10(15)13(6-4-11(16)18-2)7-5-12(17)19-3/h4-8H2,1-3H3. The maximum absolute atomic E-state index is 11.8. The van der Waals surface area contributed by atoms with E-state index in [1.54, 1.807) is 0 Å². The predicted octanol–water partition coefficient (Wildman–Crippen LogP) is -0.0797. The topological polar surface area (TPSA) is 90.0 Å². The summed E-state index contributed by atoms with van der Waals surface area (Å²) in [6.45, 7) is 1.52. The van der Waals surface area contributed by atoms with Gasteiger partial charge in [-0.25, -0.2) is 0 Å². The van der Waals surface area contributed by atoms with Crippen molar-refractivity contribution in [2.24, 2.45) is 0 Å². The first-order valence-corrected chi connectivity index (χ1v) is 5.81. The molecule has 19 heavy (non-hydrogen) atoms. The molecule has 0 radical (unpaired) electrons. The van der Waals surface area contributed by atoms with Crippen LogP contribution in [-0.4, -0.2) is 55.8 Å². The molecule has 0 bridgehead atoms. The lowest BCUT2D eigenvalue weighted by Crippen LogP contribution is -2.36. The molecular weight excluding hydrogens is 254 g/mol. The molecule has 0 N–H and O–H groups in total. The smallest absolute Gasteiger partial charge is 0.307 e. The van der Waals surface area contributed by atoms with Gasteiger partial charge in [0.1, 0.15) is 5.78 Å². The highest BCUT2D eigenvalue weighted by atomic mass is 16.5. The van der Waals surface area contributed by atoms with Crippen LogP contribution < -0.4 is 0 Å². The lowest BCUT2D eigenvalue weighted by atomic mass is 10.2. The van der Waals surface area contributed by atoms with Crippen molar-refractivity contribution in [3.8, 4) is 0 Å². The summed E-state index contributed by atoms with van der Waals surface area (Å²) in [5.74, 6) is -1.61. The third kappa shape index (κ3) is 7.91. The largest absolute Gasteiger partial charge is 0.469 e. The Kier molecular flexibility index (Phi) is 8.15. The molecule has 0 spiro atoms. The van der Waals surface area contributed by atoms with Crippen LogP contribution in [0.15, 0.2) is 0 Å². The molecule has 7 heteroatoms. The van der Waals surface area contributed by atoms with Crippen molar-refractivity contribution in [3.63, 3.8) is 0 Å². The number of hydrogen-bond acceptors (Lipinski definition) is 6. The van der Waals surface area contributed by atoms with E-state index in [0.29, 0.717) is 0 Å². The zero-order chi connectivity index (χ0) is 14.8. The van der Waals surface area contributed by atoms with E-state index < -0.39 is 17.8 Å². The van der Waals surface area contributed by atoms with Gasteiger partial charge in [0.25, 0.3) is 0 Å². The zero-order valence-electron chi connectivity index (χ0n) is 11.4. The van der Waals surface area contributed by atoms with Crippen LogP contribution in [0, 0.1) is 0 Å². The van der Waals surface area contributed by atoms with E-state index in [4.69, 9.17) is 0 Å². The molecule has 0 aromatic heterocycles. The summed E-state index contributed by atoms with van der Waals surface area (Å²) in [7, 11) is 2.50. The van der Waals surface area contributed by atoms with Gasteiger partial charge in [-0.3, -0.25) is 19.2 Å². The molecule has 0 aliphatic carbocycles. The van der Waals surface area contributed by atoms with Crippen molar-refractivity contribution in [1.82, 2.24) is 4.90 Å². The Bertz CT molecular complexity index is 332. The lowest BCUT2D eigenvalue weighted by molar-refractivity contribution is -0.142. The van der Waals surface area contributed by atoms with Crippen molar-refractivity contribution in [2.45, 2.75) is 26.2 Å². The van der Waals surface area contributed by atoms with Gasteiger partial charge < -0.3 is 14.4 Å². The van der Waals surface area contributed by atoms with Crippen LogP contribution in [-0.2, 0) is 28.7 Å². The Balaban J connectivity index is 4.44. The van der Waals surface area contributed by atoms with Gasteiger partial charge in [-0.15, -0.1) is 0 Å². The van der Waals surface area contributed by atoms with Gasteiger partial charge in [0.05, 0.1) is 33.5 Å². The molecule has 0 saturated heterocycles. The average Bonchev–Trinajstić information content (AvgIpc) is 2.36. The SMILES string of the molecule is COC(=O)CCN(CCC(=O)OC)C(=O)CC(C)=O. The number of rotatable bonds is 8. The van der Waals surface area contributed by atoms with E-state index >= 15 is 0 Å². The fourth-order valence-electron chi connectivity index (χ4n) is 1.34. The number of esters is 2. The number of nitrogens with zero attached hydrogens (tertiary/aromatic N) is 1. The molecule has 0 fully saturated rings. The van der Waals surface area contributed by atoms with Crippen molar-refractivity contribution < 1.29 is 28.7 Å². The monoisotopic (exact) mass is 273 g/mol. The first kappa shape index (κ1) is 17.1. The molecular formula is C12H19NO6. The fourth-order valence-corrected chi connectivity index (χ4v) is 1.34. The predicted molar refractivity (Wildman–Crippen MR) is 65.1 cm³/mol. The lowest BCUT2D eigenvalue weighted by Gasteiger charge is -2.21. The molecule has 0 unspecified atom stereocenters. The van der Waals surface area contributed by atoms with Gasteiger partial charge in [-0.2, -0.15) is 0 Å². The molecule has 0 aromatic carbocycles. The summed E-state index contributed by atoms with van der Waals surface area (Å²) in [5, 5.41) is 0. The third-order valence-corrected chi connectivity index (χ3v) is 2.38. The number of Topliss-reactive ketones (excluding diaryl/α,β-unsaturated/α-hetero) is 1. The van der Waals surface area contributed by atoms with Gasteiger partial charge in [0.2, 0.25) is 5.91 Å². The highest BCUT2D eigenvalue weighted by Crippen LogP contribution is 2.01. The van der Waals surface area contributed by atoms with Crippen molar-refractivity contribution in [2.75, 3.05) is 27.3 Å². The van der Waals surface area contributed by atoms with Gasteiger partial charge in [0, 0.05) is 13.1 Å². The second-order valence-corrected chi connectivity index (χ2v) is 3.91. The number of hydrogen-bond donors (Lipinski definition) is 0. The minimum atomic E-state index is -0.460. The second-order valence-electron chi connectivity index (χ2n) is 3.91. The minimum absolute atomic E-state index is 0.0152. The number of carbonyl (C=O) groups excluding carboxylic acids is 4. The minimum Gasteiger partial charge on any atom is -0.469 e. The van der Waals surface area contributed by atoms with Crippen molar-refractivity contribution >= 4 is 23.6 Å². The fraction of sp³-hybridized carbons (Fsp3) is 0.667. The highest BCUT2D eigenvalue weighted by molar-refractivity contribution is 5.97. The summed E-state index contributed by atoms with van der Waals surface area (Å²) in [5.41, 5.74) is 0. The van der Waals surface area contributed by atoms with Crippen LogP contribution in [0.3, 0.4) is 0 Å². The molecule has 1 amide bonds. The third-order valence-electron chi connectivity index (χ3n) is 2.38. The molecule has 0 heterocycles. The number of methoxy groups -OCH3 is 2. The van der Waals surface area contributed by atoms with E-state index in [1.807, 2.05) is 0 Å². The van der Waals surface area contributed by atoms with Gasteiger partial charge in [-0.1, -0.05) is 0 Å². The van der Waals surface area contributed by atoms with Crippen LogP contribution in [0.2, 0.25) is 0 Å². The van der Waals surface area contributed by atoms with Crippen LogP contribution in [0.1, 0.15) is 26.2 Å². The summed E-state index contributed by atoms with van der Waals surface area (Å²) >= 11 is 0. The Labute approximate surface area is 111 Å². The van der Waals surface area contributed by atoms with Gasteiger partial charge in [-0.05, 0) is 6.92 Å². The number of amides is 1. The first-order chi connectivity index (χ1) is 8.90. The maximum Gasteiger partial charge on any atom is 0.307 e. The van der Waals surface area contributed by atoms with E-state index in [1.165, 1.54) is 26.0 Å². The number of carbonyl (C=O) groups is 4. The van der Waals surface area contributed by atoms with E-state index in [2.05, 4.69) is 9.47 Å². The summed E-state index contributed by atoms with van der Waals surface area (Å²) in [4.78, 5) is 46.0. The maximum atomic E-state index is 11.8. The Morgan fingerprint density at radius 2 is 1.32 bits per heavy atom. The second kappa shape index (κ2) is 9.07. The molecule has 0 rings (SSSR count). The summed E-state index contributed by atoms with van der Waals surface area (Å²) in [6, 6.07) is 0. The van der Waals surface area contributed by atoms with Crippen LogP contribution in [0.4, 0.5) is 0 Å². The molecule has 0 atom stereocenters. The van der Waals surface area contributed by atoms with Gasteiger partial charge in [0.15, 0.2) is 0 Å². The summed E-state index contributed by atoms with van der Waals surface area (Å²) in [6.07, 6.45) is -0.217. The Morgan fingerprint density at radius 1 is 0.895 bits per heavy atom. The molecule has 7 nitrogen and oxygen atoms in total. The van der Waals surface area contributed by atoms with Crippen LogP contribution in [0.5, 0.6) is 0 Å². The quantitative estimate of drug-likeness (QED) is 0.454. The Morgan fingerprint density at radius 3 is 1.63 bits per heavy atom. The highest BCUT2D eigenvalue weighted by Gasteiger charge is 2.18. The molecule has 0 aliphatic heterocycles. The normalized spacial score (nSPS) is 9.63. The van der Waals surface area contributed by atoms with Crippen LogP contribution in [0.25, 0.3) is 0 Å². The van der Waals surface area contributed by atoms with Crippen LogP contribution >= 0.6 is 0 Å². The summed E-state index contributed by atoms with van der Waals surface area (Å²) < 4.78 is 8.95.